The Labute approximate surface area is 205 Å². The van der Waals surface area contributed by atoms with Crippen molar-refractivity contribution in [2.45, 2.75) is 41.8 Å². The van der Waals surface area contributed by atoms with Crippen molar-refractivity contribution >= 4 is 51.0 Å². The first-order valence-corrected chi connectivity index (χ1v) is 12.2. The number of anilines is 1. The number of aliphatic hydroxyl groups excluding tert-OH is 1. The maximum absolute atomic E-state index is 14.1. The summed E-state index contributed by atoms with van der Waals surface area (Å²) in [4.78, 5) is 42.5. The van der Waals surface area contributed by atoms with E-state index in [1.807, 2.05) is 0 Å². The van der Waals surface area contributed by atoms with Gasteiger partial charge in [-0.05, 0) is 43.5 Å². The van der Waals surface area contributed by atoms with Gasteiger partial charge in [-0.15, -0.1) is 6.58 Å². The minimum atomic E-state index is -1.24. The van der Waals surface area contributed by atoms with Crippen molar-refractivity contribution in [3.05, 3.63) is 41.9 Å². The van der Waals surface area contributed by atoms with Crippen molar-refractivity contribution in [1.82, 2.24) is 4.90 Å². The van der Waals surface area contributed by atoms with Crippen molar-refractivity contribution in [2.75, 3.05) is 24.6 Å². The van der Waals surface area contributed by atoms with Crippen LogP contribution in [-0.4, -0.2) is 75.2 Å². The number of carbonyl (C=O) groups excluding carboxylic acids is 2. The zero-order chi connectivity index (χ0) is 23.9. The summed E-state index contributed by atoms with van der Waals surface area (Å²) >= 11 is 9.55. The molecule has 3 fully saturated rings. The highest BCUT2D eigenvalue weighted by molar-refractivity contribution is 9.09. The van der Waals surface area contributed by atoms with Crippen molar-refractivity contribution in [3.63, 3.8) is 0 Å². The molecule has 178 valence electrons. The van der Waals surface area contributed by atoms with Crippen molar-refractivity contribution in [3.8, 4) is 0 Å². The van der Waals surface area contributed by atoms with Gasteiger partial charge >= 0.3 is 5.97 Å². The molecule has 3 saturated heterocycles. The smallest absolute Gasteiger partial charge is 0.310 e. The third-order valence-electron chi connectivity index (χ3n) is 6.83. The zero-order valence-corrected chi connectivity index (χ0v) is 20.2. The molecule has 1 aromatic carbocycles. The number of amides is 2. The molecule has 0 radical (unpaired) electrons. The number of alkyl halides is 1. The van der Waals surface area contributed by atoms with Gasteiger partial charge in [0.05, 0.1) is 17.9 Å². The van der Waals surface area contributed by atoms with Crippen LogP contribution < -0.4 is 4.90 Å². The standard InChI is InChI=1S/C23H26BrClN2O6/c1-2-9-26(14-7-5-13(25)6-8-14)21(30)19-23-12-15(24)18(33-23)16(22(31)32)17(23)20(29)27(19)10-3-4-11-28/h2,5-8,15-19,28H,1,3-4,9-12H2,(H,31,32)/t15?,16-,17+,18-,19?,23?/m1/s1. The Kier molecular flexibility index (Phi) is 6.87. The highest BCUT2D eigenvalue weighted by Crippen LogP contribution is 2.60. The lowest BCUT2D eigenvalue weighted by atomic mass is 9.70. The first-order chi connectivity index (χ1) is 15.8. The molecule has 0 aromatic heterocycles. The van der Waals surface area contributed by atoms with Crippen LogP contribution in [0.1, 0.15) is 19.3 Å². The number of aliphatic hydroxyl groups is 1. The van der Waals surface area contributed by atoms with E-state index in [2.05, 4.69) is 22.5 Å². The summed E-state index contributed by atoms with van der Waals surface area (Å²) in [6.07, 6.45) is 2.20. The number of unbranched alkanes of at least 4 members (excludes halogenated alkanes) is 1. The molecule has 0 aliphatic carbocycles. The highest BCUT2D eigenvalue weighted by Gasteiger charge is 2.76. The fourth-order valence-electron chi connectivity index (χ4n) is 5.55. The summed E-state index contributed by atoms with van der Waals surface area (Å²) in [5.74, 6) is -3.81. The number of carboxylic acids is 1. The average molecular weight is 542 g/mol. The lowest BCUT2D eigenvalue weighted by Crippen LogP contribution is -2.57. The van der Waals surface area contributed by atoms with Gasteiger partial charge in [-0.1, -0.05) is 33.6 Å². The van der Waals surface area contributed by atoms with Crippen molar-refractivity contribution in [2.24, 2.45) is 11.8 Å². The molecular formula is C23H26BrClN2O6. The van der Waals surface area contributed by atoms with E-state index in [-0.39, 0.29) is 36.3 Å². The first-order valence-electron chi connectivity index (χ1n) is 10.9. The van der Waals surface area contributed by atoms with Gasteiger partial charge in [0.2, 0.25) is 5.91 Å². The Morgan fingerprint density at radius 3 is 2.64 bits per heavy atom. The van der Waals surface area contributed by atoms with E-state index in [0.29, 0.717) is 30.0 Å². The summed E-state index contributed by atoms with van der Waals surface area (Å²) in [6, 6.07) is 5.79. The fraction of sp³-hybridized carbons (Fsp3) is 0.522. The maximum Gasteiger partial charge on any atom is 0.310 e. The second-order valence-corrected chi connectivity index (χ2v) is 10.3. The number of halogens is 2. The number of carbonyl (C=O) groups is 3. The van der Waals surface area contributed by atoms with Crippen LogP contribution in [0.15, 0.2) is 36.9 Å². The number of nitrogens with zero attached hydrogens (tertiary/aromatic N) is 2. The molecule has 4 rings (SSSR count). The number of aliphatic carboxylic acids is 1. The van der Waals surface area contributed by atoms with Gasteiger partial charge in [0.1, 0.15) is 11.6 Å². The van der Waals surface area contributed by atoms with Gasteiger partial charge in [-0.2, -0.15) is 0 Å². The molecule has 10 heteroatoms. The third-order valence-corrected chi connectivity index (χ3v) is 7.93. The van der Waals surface area contributed by atoms with Crippen molar-refractivity contribution in [1.29, 1.82) is 0 Å². The number of fused-ring (bicyclic) bond motifs is 1. The second-order valence-electron chi connectivity index (χ2n) is 8.68. The molecule has 3 heterocycles. The number of carboxylic acid groups (broad SMARTS) is 1. The van der Waals surface area contributed by atoms with E-state index in [9.17, 15) is 24.6 Å². The number of rotatable bonds is 9. The summed E-state index contributed by atoms with van der Waals surface area (Å²) in [5.41, 5.74) is -0.647. The maximum atomic E-state index is 14.1. The van der Waals surface area contributed by atoms with Gasteiger partial charge in [0.15, 0.2) is 0 Å². The summed E-state index contributed by atoms with van der Waals surface area (Å²) < 4.78 is 6.26. The van der Waals surface area contributed by atoms with Crippen LogP contribution in [0, 0.1) is 11.8 Å². The van der Waals surface area contributed by atoms with Gasteiger partial charge in [0, 0.05) is 35.2 Å². The van der Waals surface area contributed by atoms with Gasteiger partial charge in [0.25, 0.3) is 5.91 Å². The van der Waals surface area contributed by atoms with Crippen LogP contribution in [0.25, 0.3) is 0 Å². The van der Waals surface area contributed by atoms with E-state index in [0.717, 1.165) is 0 Å². The van der Waals surface area contributed by atoms with Crippen LogP contribution in [0.3, 0.4) is 0 Å². The Bertz CT molecular complexity index is 959. The first kappa shape index (κ1) is 24.2. The Morgan fingerprint density at radius 2 is 2.03 bits per heavy atom. The number of hydrogen-bond donors (Lipinski definition) is 2. The number of likely N-dealkylation sites (tertiary alicyclic amines) is 1. The SMILES string of the molecule is C=CCN(C(=O)C1N(CCCCO)C(=O)[C@@H]2[C@@H](C(=O)O)[C@@H]3OC12CC3Br)c1ccc(Cl)cc1. The molecule has 3 aliphatic heterocycles. The molecular weight excluding hydrogens is 516 g/mol. The largest absolute Gasteiger partial charge is 0.481 e. The van der Waals surface area contributed by atoms with Gasteiger partial charge in [-0.25, -0.2) is 0 Å². The monoisotopic (exact) mass is 540 g/mol. The van der Waals surface area contributed by atoms with Gasteiger partial charge in [-0.3, -0.25) is 14.4 Å². The van der Waals surface area contributed by atoms with E-state index in [1.165, 1.54) is 9.80 Å². The molecule has 2 amide bonds. The molecule has 33 heavy (non-hydrogen) atoms. The van der Waals surface area contributed by atoms with Gasteiger partial charge < -0.3 is 24.7 Å². The quantitative estimate of drug-likeness (QED) is 0.283. The van der Waals surface area contributed by atoms with Crippen LogP contribution in [0.2, 0.25) is 5.02 Å². The molecule has 6 atom stereocenters. The fourth-order valence-corrected chi connectivity index (χ4v) is 6.61. The summed E-state index contributed by atoms with van der Waals surface area (Å²) in [6.45, 7) is 4.14. The number of ether oxygens (including phenoxy) is 1. The molecule has 3 aliphatic rings. The van der Waals surface area contributed by atoms with E-state index in [4.69, 9.17) is 16.3 Å². The molecule has 8 nitrogen and oxygen atoms in total. The molecule has 0 saturated carbocycles. The van der Waals surface area contributed by atoms with Crippen molar-refractivity contribution < 1.29 is 29.3 Å². The molecule has 2 N–H and O–H groups in total. The summed E-state index contributed by atoms with van der Waals surface area (Å²) in [5, 5.41) is 19.6. The third kappa shape index (κ3) is 3.88. The molecule has 1 spiro atoms. The lowest BCUT2D eigenvalue weighted by molar-refractivity contribution is -0.149. The van der Waals surface area contributed by atoms with E-state index < -0.39 is 35.6 Å². The van der Waals surface area contributed by atoms with Crippen LogP contribution in [0.5, 0.6) is 0 Å². The minimum absolute atomic E-state index is 0.0393. The van der Waals surface area contributed by atoms with Crippen LogP contribution in [0.4, 0.5) is 5.69 Å². The minimum Gasteiger partial charge on any atom is -0.481 e. The molecule has 2 bridgehead atoms. The normalized spacial score (nSPS) is 32.2. The van der Waals surface area contributed by atoms with Crippen LogP contribution >= 0.6 is 27.5 Å². The molecule has 3 unspecified atom stereocenters. The second kappa shape index (κ2) is 9.37. The lowest BCUT2D eigenvalue weighted by Gasteiger charge is -2.37. The van der Waals surface area contributed by atoms with Crippen LogP contribution in [-0.2, 0) is 19.1 Å². The van der Waals surface area contributed by atoms with E-state index >= 15 is 0 Å². The number of benzene rings is 1. The average Bonchev–Trinajstić information content (AvgIpc) is 3.36. The predicted octanol–water partition coefficient (Wildman–Crippen LogP) is 2.46. The topological polar surface area (TPSA) is 107 Å². The Morgan fingerprint density at radius 1 is 1.33 bits per heavy atom. The predicted molar refractivity (Wildman–Crippen MR) is 125 cm³/mol. The zero-order valence-electron chi connectivity index (χ0n) is 17.9. The Balaban J connectivity index is 1.77. The summed E-state index contributed by atoms with van der Waals surface area (Å²) in [7, 11) is 0. The highest BCUT2D eigenvalue weighted by atomic mass is 79.9. The molecule has 1 aromatic rings. The Hall–Kier alpha value is -1.94. The number of hydrogen-bond acceptors (Lipinski definition) is 5. The van der Waals surface area contributed by atoms with E-state index in [1.54, 1.807) is 30.3 Å².